The highest BCUT2D eigenvalue weighted by atomic mass is 35.5. The van der Waals surface area contributed by atoms with Gasteiger partial charge < -0.3 is 4.90 Å². The molecule has 2 aromatic carbocycles. The number of carbonyl (C=O) groups is 1. The Morgan fingerprint density at radius 2 is 1.96 bits per heavy atom. The minimum absolute atomic E-state index is 0.0139. The van der Waals surface area contributed by atoms with Crippen LogP contribution in [0.2, 0.25) is 10.0 Å². The molecule has 5 heteroatoms. The van der Waals surface area contributed by atoms with Crippen LogP contribution in [0.15, 0.2) is 42.5 Å². The lowest BCUT2D eigenvalue weighted by molar-refractivity contribution is -0.131. The number of hydrogen-bond donors (Lipinski definition) is 0. The number of rotatable bonds is 4. The van der Waals surface area contributed by atoms with Gasteiger partial charge in [-0.15, -0.1) is 0 Å². The topological polar surface area (TPSA) is 20.3 Å². The largest absolute Gasteiger partial charge is 0.341 e. The minimum atomic E-state index is -0.236. The summed E-state index contributed by atoms with van der Waals surface area (Å²) in [5.41, 5.74) is 1.55. The molecule has 3 rings (SSSR count). The molecule has 0 bridgehead atoms. The maximum Gasteiger partial charge on any atom is 0.226 e. The Hall–Kier alpha value is -1.58. The lowest BCUT2D eigenvalue weighted by Gasteiger charge is -2.18. The van der Waals surface area contributed by atoms with E-state index in [0.29, 0.717) is 28.6 Å². The normalized spacial score (nSPS) is 19.5. The summed E-state index contributed by atoms with van der Waals surface area (Å²) in [6.07, 6.45) is 0.700. The van der Waals surface area contributed by atoms with Crippen LogP contribution in [0.5, 0.6) is 0 Å². The van der Waals surface area contributed by atoms with E-state index in [-0.39, 0.29) is 23.6 Å². The molecular formula is C18H16Cl2FNO. The van der Waals surface area contributed by atoms with Gasteiger partial charge in [0.25, 0.3) is 0 Å². The van der Waals surface area contributed by atoms with Crippen molar-refractivity contribution in [3.63, 3.8) is 0 Å². The highest BCUT2D eigenvalue weighted by molar-refractivity contribution is 6.42. The lowest BCUT2D eigenvalue weighted by atomic mass is 10.1. The number of hydrogen-bond acceptors (Lipinski definition) is 1. The van der Waals surface area contributed by atoms with Gasteiger partial charge >= 0.3 is 0 Å². The summed E-state index contributed by atoms with van der Waals surface area (Å²) in [4.78, 5) is 14.2. The van der Waals surface area contributed by atoms with E-state index in [0.717, 1.165) is 5.56 Å². The van der Waals surface area contributed by atoms with Gasteiger partial charge in [0.05, 0.1) is 10.0 Å². The highest BCUT2D eigenvalue weighted by Gasteiger charge is 2.46. The molecule has 1 aliphatic carbocycles. The van der Waals surface area contributed by atoms with Crippen molar-refractivity contribution in [2.75, 3.05) is 7.05 Å². The zero-order chi connectivity index (χ0) is 16.6. The van der Waals surface area contributed by atoms with Crippen LogP contribution in [0.1, 0.15) is 23.5 Å². The number of nitrogens with zero attached hydrogens (tertiary/aromatic N) is 1. The Balaban J connectivity index is 1.65. The first-order chi connectivity index (χ1) is 11.0. The molecule has 2 nitrogen and oxygen atoms in total. The molecule has 1 amide bonds. The van der Waals surface area contributed by atoms with Gasteiger partial charge in [-0.1, -0.05) is 47.5 Å². The summed E-state index contributed by atoms with van der Waals surface area (Å²) in [6, 6.07) is 12.0. The summed E-state index contributed by atoms with van der Waals surface area (Å²) >= 11 is 11.9. The predicted octanol–water partition coefficient (Wildman–Crippen LogP) is 4.89. The Kier molecular flexibility index (Phi) is 4.60. The van der Waals surface area contributed by atoms with E-state index >= 15 is 0 Å². The third-order valence-corrected chi connectivity index (χ3v) is 4.93. The van der Waals surface area contributed by atoms with Crippen LogP contribution in [0.25, 0.3) is 0 Å². The molecule has 0 spiro atoms. The molecule has 2 aromatic rings. The molecular weight excluding hydrogens is 336 g/mol. The first kappa shape index (κ1) is 16.3. The molecule has 0 saturated heterocycles. The van der Waals surface area contributed by atoms with Crippen LogP contribution in [0, 0.1) is 11.7 Å². The maximum absolute atomic E-state index is 13.8. The average Bonchev–Trinajstić information content (AvgIpc) is 3.31. The summed E-state index contributed by atoms with van der Waals surface area (Å²) in [6.45, 7) is 0.455. The van der Waals surface area contributed by atoms with E-state index in [4.69, 9.17) is 23.2 Å². The minimum Gasteiger partial charge on any atom is -0.341 e. The molecule has 0 aliphatic heterocycles. The number of halogens is 3. The van der Waals surface area contributed by atoms with Gasteiger partial charge in [-0.05, 0) is 41.7 Å². The van der Waals surface area contributed by atoms with E-state index in [1.165, 1.54) is 6.07 Å². The standard InChI is InChI=1S/C18H16Cl2FNO/c1-22(10-11-6-7-15(19)16(20)8-11)18(23)14-9-13(14)12-4-2-3-5-17(12)21/h2-8,13-14H,9-10H2,1H3. The summed E-state index contributed by atoms with van der Waals surface area (Å²) in [5, 5.41) is 0.965. The van der Waals surface area contributed by atoms with Crippen molar-refractivity contribution in [3.05, 3.63) is 69.5 Å². The fourth-order valence-corrected chi connectivity index (χ4v) is 3.18. The smallest absolute Gasteiger partial charge is 0.226 e. The molecule has 1 fully saturated rings. The molecule has 0 radical (unpaired) electrons. The third-order valence-electron chi connectivity index (χ3n) is 4.19. The van der Waals surface area contributed by atoms with Crippen LogP contribution >= 0.6 is 23.2 Å². The molecule has 0 heterocycles. The van der Waals surface area contributed by atoms with Crippen molar-refractivity contribution in [2.24, 2.45) is 5.92 Å². The van der Waals surface area contributed by atoms with E-state index < -0.39 is 0 Å². The molecule has 120 valence electrons. The Morgan fingerprint density at radius 3 is 2.65 bits per heavy atom. The van der Waals surface area contributed by atoms with Gasteiger partial charge in [-0.3, -0.25) is 4.79 Å². The van der Waals surface area contributed by atoms with E-state index in [9.17, 15) is 9.18 Å². The number of carbonyl (C=O) groups excluding carboxylic acids is 1. The van der Waals surface area contributed by atoms with Gasteiger partial charge in [0.1, 0.15) is 5.82 Å². The molecule has 1 saturated carbocycles. The molecule has 2 atom stereocenters. The first-order valence-corrected chi connectivity index (χ1v) is 8.16. The first-order valence-electron chi connectivity index (χ1n) is 7.40. The fraction of sp³-hybridized carbons (Fsp3) is 0.278. The van der Waals surface area contributed by atoms with Crippen LogP contribution in [-0.4, -0.2) is 17.9 Å². The van der Waals surface area contributed by atoms with Crippen molar-refractivity contribution in [3.8, 4) is 0 Å². The maximum atomic E-state index is 13.8. The van der Waals surface area contributed by atoms with Crippen LogP contribution in [0.4, 0.5) is 4.39 Å². The van der Waals surface area contributed by atoms with Crippen molar-refractivity contribution in [1.82, 2.24) is 4.90 Å². The predicted molar refractivity (Wildman–Crippen MR) is 90.2 cm³/mol. The van der Waals surface area contributed by atoms with Gasteiger partial charge in [-0.25, -0.2) is 4.39 Å². The Bertz CT molecular complexity index is 750. The highest BCUT2D eigenvalue weighted by Crippen LogP contribution is 2.49. The van der Waals surface area contributed by atoms with Crippen LogP contribution in [0.3, 0.4) is 0 Å². The van der Waals surface area contributed by atoms with E-state index in [2.05, 4.69) is 0 Å². The van der Waals surface area contributed by atoms with Gasteiger partial charge in [-0.2, -0.15) is 0 Å². The zero-order valence-electron chi connectivity index (χ0n) is 12.6. The van der Waals surface area contributed by atoms with Crippen molar-refractivity contribution in [2.45, 2.75) is 18.9 Å². The van der Waals surface area contributed by atoms with E-state index in [1.54, 1.807) is 42.3 Å². The van der Waals surface area contributed by atoms with Crippen molar-refractivity contribution >= 4 is 29.1 Å². The Labute approximate surface area is 144 Å². The van der Waals surface area contributed by atoms with Gasteiger partial charge in [0.15, 0.2) is 0 Å². The molecule has 23 heavy (non-hydrogen) atoms. The Morgan fingerprint density at radius 1 is 1.22 bits per heavy atom. The SMILES string of the molecule is CN(Cc1ccc(Cl)c(Cl)c1)C(=O)C1CC1c1ccccc1F. The van der Waals surface area contributed by atoms with Crippen LogP contribution < -0.4 is 0 Å². The molecule has 0 N–H and O–H groups in total. The van der Waals surface area contributed by atoms with Crippen molar-refractivity contribution < 1.29 is 9.18 Å². The quantitative estimate of drug-likeness (QED) is 0.767. The van der Waals surface area contributed by atoms with Gasteiger partial charge in [0.2, 0.25) is 5.91 Å². The third kappa shape index (κ3) is 3.51. The summed E-state index contributed by atoms with van der Waals surface area (Å²) < 4.78 is 13.8. The second-order valence-corrected chi connectivity index (χ2v) is 6.73. The number of amides is 1. The summed E-state index contributed by atoms with van der Waals surface area (Å²) in [5.74, 6) is -0.358. The van der Waals surface area contributed by atoms with Gasteiger partial charge in [0, 0.05) is 19.5 Å². The molecule has 0 aromatic heterocycles. The zero-order valence-corrected chi connectivity index (χ0v) is 14.1. The second-order valence-electron chi connectivity index (χ2n) is 5.91. The molecule has 1 aliphatic rings. The molecule has 2 unspecified atom stereocenters. The number of benzene rings is 2. The summed E-state index contributed by atoms with van der Waals surface area (Å²) in [7, 11) is 1.75. The van der Waals surface area contributed by atoms with Crippen molar-refractivity contribution in [1.29, 1.82) is 0 Å². The monoisotopic (exact) mass is 351 g/mol. The average molecular weight is 352 g/mol. The van der Waals surface area contributed by atoms with Crippen LogP contribution in [-0.2, 0) is 11.3 Å². The van der Waals surface area contributed by atoms with E-state index in [1.807, 2.05) is 6.07 Å². The second kappa shape index (κ2) is 6.50. The fourth-order valence-electron chi connectivity index (χ4n) is 2.86. The lowest BCUT2D eigenvalue weighted by Crippen LogP contribution is -2.28.